The molecule has 0 saturated heterocycles. The van der Waals surface area contributed by atoms with Gasteiger partial charge in [0.2, 0.25) is 0 Å². The van der Waals surface area contributed by atoms with Crippen LogP contribution in [0.1, 0.15) is 30.5 Å². The van der Waals surface area contributed by atoms with Crippen LogP contribution in [0.2, 0.25) is 0 Å². The molecule has 0 aliphatic heterocycles. The third-order valence-electron chi connectivity index (χ3n) is 3.45. The summed E-state index contributed by atoms with van der Waals surface area (Å²) in [7, 11) is 0. The minimum absolute atomic E-state index is 0.429. The van der Waals surface area contributed by atoms with Crippen molar-refractivity contribution in [3.63, 3.8) is 0 Å². The number of carboxylic acid groups (broad SMARTS) is 1. The Hall–Kier alpha value is -1.35. The minimum Gasteiger partial charge on any atom is -0.480 e. The van der Waals surface area contributed by atoms with Crippen LogP contribution in [-0.2, 0) is 11.2 Å². The van der Waals surface area contributed by atoms with Gasteiger partial charge in [-0.25, -0.2) is 0 Å². The molecule has 0 amide bonds. The van der Waals surface area contributed by atoms with E-state index in [2.05, 4.69) is 13.0 Å². The number of hydrogen-bond donors (Lipinski definition) is 1. The van der Waals surface area contributed by atoms with Crippen LogP contribution < -0.4 is 0 Å². The fourth-order valence-electron chi connectivity index (χ4n) is 2.32. The number of hydrogen-bond acceptors (Lipinski definition) is 2. The van der Waals surface area contributed by atoms with Gasteiger partial charge in [0, 0.05) is 0 Å². The molecule has 1 aromatic carbocycles. The highest BCUT2D eigenvalue weighted by Gasteiger charge is 2.24. The maximum absolute atomic E-state index is 11.4. The molecular formula is C15H23NO2. The minimum atomic E-state index is -0.737. The highest BCUT2D eigenvalue weighted by Crippen LogP contribution is 2.15. The molecule has 0 aliphatic carbocycles. The average Bonchev–Trinajstić information content (AvgIpc) is 2.31. The van der Waals surface area contributed by atoms with Gasteiger partial charge in [0.1, 0.15) is 6.04 Å². The number of carboxylic acids is 1. The smallest absolute Gasteiger partial charge is 0.321 e. The van der Waals surface area contributed by atoms with Crippen molar-refractivity contribution < 1.29 is 9.90 Å². The van der Waals surface area contributed by atoms with Gasteiger partial charge >= 0.3 is 5.97 Å². The van der Waals surface area contributed by atoms with E-state index in [4.69, 9.17) is 0 Å². The summed E-state index contributed by atoms with van der Waals surface area (Å²) in [6, 6.07) is 5.77. The Morgan fingerprint density at radius 3 is 2.33 bits per heavy atom. The number of carbonyl (C=O) groups is 1. The molecule has 1 rings (SSSR count). The summed E-state index contributed by atoms with van der Waals surface area (Å²) in [5, 5.41) is 9.37. The molecule has 1 N–H and O–H groups in total. The van der Waals surface area contributed by atoms with Crippen LogP contribution in [0.25, 0.3) is 0 Å². The number of aliphatic carboxylic acids is 1. The highest BCUT2D eigenvalue weighted by atomic mass is 16.4. The van der Waals surface area contributed by atoms with Crippen molar-refractivity contribution in [3.05, 3.63) is 34.9 Å². The summed E-state index contributed by atoms with van der Waals surface area (Å²) in [5.41, 5.74) is 3.51. The van der Waals surface area contributed by atoms with Gasteiger partial charge in [-0.3, -0.25) is 9.69 Å². The summed E-state index contributed by atoms with van der Waals surface area (Å²) < 4.78 is 0. The molecule has 18 heavy (non-hydrogen) atoms. The fraction of sp³-hybridized carbons (Fsp3) is 0.533. The maximum atomic E-state index is 11.4. The van der Waals surface area contributed by atoms with Crippen molar-refractivity contribution >= 4 is 5.97 Å². The number of likely N-dealkylation sites (N-methyl/N-ethyl adjacent to an activating group) is 1. The monoisotopic (exact) mass is 249 g/mol. The molecule has 0 aromatic heterocycles. The largest absolute Gasteiger partial charge is 0.480 e. The van der Waals surface area contributed by atoms with Crippen molar-refractivity contribution in [3.8, 4) is 0 Å². The Morgan fingerprint density at radius 2 is 1.89 bits per heavy atom. The number of aryl methyl sites for hydroxylation is 2. The second-order valence-electron chi connectivity index (χ2n) is 4.71. The van der Waals surface area contributed by atoms with Crippen LogP contribution in [0.5, 0.6) is 0 Å². The third kappa shape index (κ3) is 3.57. The van der Waals surface area contributed by atoms with Gasteiger partial charge in [-0.2, -0.15) is 0 Å². The SMILES string of the molecule is CCN(CC)[C@H](Cc1ccc(C)cc1C)C(=O)O. The first-order valence-electron chi connectivity index (χ1n) is 6.52. The van der Waals surface area contributed by atoms with Crippen LogP contribution in [-0.4, -0.2) is 35.1 Å². The van der Waals surface area contributed by atoms with E-state index in [9.17, 15) is 9.90 Å². The van der Waals surface area contributed by atoms with E-state index in [0.717, 1.165) is 18.7 Å². The molecule has 0 heterocycles. The predicted molar refractivity (Wildman–Crippen MR) is 74.0 cm³/mol. The van der Waals surface area contributed by atoms with E-state index < -0.39 is 12.0 Å². The Balaban J connectivity index is 2.93. The van der Waals surface area contributed by atoms with Crippen molar-refractivity contribution in [1.82, 2.24) is 4.90 Å². The number of nitrogens with zero attached hydrogens (tertiary/aromatic N) is 1. The molecule has 1 aromatic rings. The Bertz CT molecular complexity index is 411. The van der Waals surface area contributed by atoms with Gasteiger partial charge in [-0.05, 0) is 44.5 Å². The molecule has 1 atom stereocenters. The average molecular weight is 249 g/mol. The van der Waals surface area contributed by atoms with Crippen LogP contribution in [0.15, 0.2) is 18.2 Å². The van der Waals surface area contributed by atoms with E-state index in [0.29, 0.717) is 6.42 Å². The summed E-state index contributed by atoms with van der Waals surface area (Å²) in [5.74, 6) is -0.737. The van der Waals surface area contributed by atoms with Crippen LogP contribution in [0.4, 0.5) is 0 Å². The zero-order valence-corrected chi connectivity index (χ0v) is 11.7. The maximum Gasteiger partial charge on any atom is 0.321 e. The standard InChI is InChI=1S/C15H23NO2/c1-5-16(6-2)14(15(17)18)10-13-8-7-11(3)9-12(13)4/h7-9,14H,5-6,10H2,1-4H3,(H,17,18)/t14-/m1/s1. The lowest BCUT2D eigenvalue weighted by atomic mass is 9.98. The predicted octanol–water partition coefficient (Wildman–Crippen LogP) is 2.64. The molecule has 0 saturated carbocycles. The van der Waals surface area contributed by atoms with Crippen molar-refractivity contribution in [1.29, 1.82) is 0 Å². The molecule has 3 nitrogen and oxygen atoms in total. The lowest BCUT2D eigenvalue weighted by Gasteiger charge is -2.26. The number of benzene rings is 1. The molecule has 100 valence electrons. The van der Waals surface area contributed by atoms with E-state index >= 15 is 0 Å². The van der Waals surface area contributed by atoms with E-state index in [1.54, 1.807) is 0 Å². The Kier molecular flexibility index (Phi) is 5.35. The third-order valence-corrected chi connectivity index (χ3v) is 3.45. The summed E-state index contributed by atoms with van der Waals surface area (Å²) in [6.07, 6.45) is 0.573. The molecule has 0 spiro atoms. The zero-order valence-electron chi connectivity index (χ0n) is 11.7. The van der Waals surface area contributed by atoms with Crippen molar-refractivity contribution in [2.24, 2.45) is 0 Å². The molecule has 0 aliphatic rings. The highest BCUT2D eigenvalue weighted by molar-refractivity contribution is 5.74. The topological polar surface area (TPSA) is 40.5 Å². The first kappa shape index (κ1) is 14.7. The van der Waals surface area contributed by atoms with Gasteiger partial charge in [-0.1, -0.05) is 37.6 Å². The van der Waals surface area contributed by atoms with Gasteiger partial charge in [0.15, 0.2) is 0 Å². The van der Waals surface area contributed by atoms with Crippen LogP contribution in [0, 0.1) is 13.8 Å². The second kappa shape index (κ2) is 6.55. The van der Waals surface area contributed by atoms with Crippen LogP contribution >= 0.6 is 0 Å². The van der Waals surface area contributed by atoms with Crippen molar-refractivity contribution in [2.75, 3.05) is 13.1 Å². The Morgan fingerprint density at radius 1 is 1.28 bits per heavy atom. The second-order valence-corrected chi connectivity index (χ2v) is 4.71. The van der Waals surface area contributed by atoms with Gasteiger partial charge in [0.05, 0.1) is 0 Å². The lowest BCUT2D eigenvalue weighted by molar-refractivity contribution is -0.143. The Labute approximate surface area is 109 Å². The van der Waals surface area contributed by atoms with Gasteiger partial charge in [0.25, 0.3) is 0 Å². The van der Waals surface area contributed by atoms with Crippen LogP contribution in [0.3, 0.4) is 0 Å². The molecule has 0 fully saturated rings. The summed E-state index contributed by atoms with van der Waals surface area (Å²) in [4.78, 5) is 13.4. The van der Waals surface area contributed by atoms with E-state index in [-0.39, 0.29) is 0 Å². The quantitative estimate of drug-likeness (QED) is 0.842. The lowest BCUT2D eigenvalue weighted by Crippen LogP contribution is -2.42. The first-order chi connectivity index (χ1) is 8.49. The summed E-state index contributed by atoms with van der Waals surface area (Å²) >= 11 is 0. The van der Waals surface area contributed by atoms with Crippen molar-refractivity contribution in [2.45, 2.75) is 40.2 Å². The normalized spacial score (nSPS) is 12.7. The first-order valence-corrected chi connectivity index (χ1v) is 6.52. The van der Waals surface area contributed by atoms with E-state index in [1.165, 1.54) is 11.1 Å². The molecule has 0 radical (unpaired) electrons. The summed E-state index contributed by atoms with van der Waals surface area (Å²) in [6.45, 7) is 9.62. The molecule has 0 bridgehead atoms. The molecule has 3 heteroatoms. The molecular weight excluding hydrogens is 226 g/mol. The fourth-order valence-corrected chi connectivity index (χ4v) is 2.32. The van der Waals surface area contributed by atoms with Gasteiger partial charge in [-0.15, -0.1) is 0 Å². The zero-order chi connectivity index (χ0) is 13.7. The number of rotatable bonds is 6. The van der Waals surface area contributed by atoms with Gasteiger partial charge < -0.3 is 5.11 Å². The van der Waals surface area contributed by atoms with E-state index in [1.807, 2.05) is 37.8 Å². The molecule has 0 unspecified atom stereocenters.